The van der Waals surface area contributed by atoms with Gasteiger partial charge in [0, 0.05) is 0 Å². The van der Waals surface area contributed by atoms with Crippen LogP contribution in [0.5, 0.6) is 0 Å². The lowest BCUT2D eigenvalue weighted by Gasteiger charge is -2.07. The van der Waals surface area contributed by atoms with Crippen LogP contribution in [-0.2, 0) is 0 Å². The number of hydrogen-bond donors (Lipinski definition) is 0. The first-order valence-corrected chi connectivity index (χ1v) is 5.06. The van der Waals surface area contributed by atoms with E-state index in [0.29, 0.717) is 0 Å². The van der Waals surface area contributed by atoms with Gasteiger partial charge in [-0.05, 0) is 28.8 Å². The van der Waals surface area contributed by atoms with Crippen molar-refractivity contribution in [3.05, 3.63) is 54.1 Å². The van der Waals surface area contributed by atoms with Crippen molar-refractivity contribution in [3.63, 3.8) is 0 Å². The highest BCUT2D eigenvalue weighted by Gasteiger charge is 2.04. The smallest absolute Gasteiger partial charge is 0.115 e. The number of halogens is 1. The van der Waals surface area contributed by atoms with Crippen LogP contribution in [0.1, 0.15) is 12.5 Å². The molecule has 0 spiro atoms. The molecule has 76 valence electrons. The lowest BCUT2D eigenvalue weighted by Crippen LogP contribution is -1.88. The average molecular weight is 200 g/mol. The second-order valence-electron chi connectivity index (χ2n) is 3.47. The van der Waals surface area contributed by atoms with Gasteiger partial charge in [-0.1, -0.05) is 48.5 Å². The molecular formula is C14H13F. The van der Waals surface area contributed by atoms with Gasteiger partial charge in [0.25, 0.3) is 0 Å². The van der Waals surface area contributed by atoms with Crippen molar-refractivity contribution in [2.75, 3.05) is 6.67 Å². The summed E-state index contributed by atoms with van der Waals surface area (Å²) < 4.78 is 12.8. The summed E-state index contributed by atoms with van der Waals surface area (Å²) in [6.07, 6.45) is 1.84. The lowest BCUT2D eigenvalue weighted by atomic mass is 9.99. The van der Waals surface area contributed by atoms with Crippen molar-refractivity contribution < 1.29 is 4.39 Å². The number of alkyl halides is 1. The normalized spacial score (nSPS) is 12.0. The number of benzene rings is 2. The molecule has 0 N–H and O–H groups in total. The Kier molecular flexibility index (Phi) is 2.82. The Bertz CT molecular complexity index is 492. The van der Waals surface area contributed by atoms with Crippen molar-refractivity contribution in [2.45, 2.75) is 6.92 Å². The minimum Gasteiger partial charge on any atom is -0.246 e. The van der Waals surface area contributed by atoms with Crippen LogP contribution in [0.3, 0.4) is 0 Å². The topological polar surface area (TPSA) is 0 Å². The molecule has 0 bridgehead atoms. The molecule has 0 amide bonds. The maximum absolute atomic E-state index is 12.8. The Labute approximate surface area is 89.0 Å². The van der Waals surface area contributed by atoms with Gasteiger partial charge in [-0.2, -0.15) is 0 Å². The Balaban J connectivity index is 2.71. The minimum atomic E-state index is -0.412. The van der Waals surface area contributed by atoms with E-state index in [2.05, 4.69) is 0 Å². The van der Waals surface area contributed by atoms with Gasteiger partial charge in [0.15, 0.2) is 0 Å². The van der Waals surface area contributed by atoms with Crippen molar-refractivity contribution in [2.24, 2.45) is 0 Å². The average Bonchev–Trinajstić information content (AvgIpc) is 2.31. The van der Waals surface area contributed by atoms with E-state index in [1.807, 2.05) is 55.5 Å². The van der Waals surface area contributed by atoms with Crippen molar-refractivity contribution in [1.82, 2.24) is 0 Å². The standard InChI is InChI=1S/C14H13F/c1-2-11(10-15)13-9-5-7-12-6-3-4-8-14(12)13/h2-9H,10H2,1H3/b11-2-. The first-order valence-electron chi connectivity index (χ1n) is 5.06. The van der Waals surface area contributed by atoms with Gasteiger partial charge < -0.3 is 0 Å². The first kappa shape index (κ1) is 9.91. The van der Waals surface area contributed by atoms with E-state index in [4.69, 9.17) is 0 Å². The summed E-state index contributed by atoms with van der Waals surface area (Å²) in [7, 11) is 0. The quantitative estimate of drug-likeness (QED) is 0.681. The van der Waals surface area contributed by atoms with E-state index < -0.39 is 6.67 Å². The van der Waals surface area contributed by atoms with Crippen molar-refractivity contribution >= 4 is 16.3 Å². The highest BCUT2D eigenvalue weighted by atomic mass is 19.1. The molecule has 2 aromatic rings. The molecule has 0 aromatic heterocycles. The van der Waals surface area contributed by atoms with Crippen LogP contribution in [0.25, 0.3) is 16.3 Å². The highest BCUT2D eigenvalue weighted by Crippen LogP contribution is 2.25. The Hall–Kier alpha value is -1.63. The molecular weight excluding hydrogens is 187 g/mol. The number of allylic oxidation sites excluding steroid dienone is 2. The van der Waals surface area contributed by atoms with Crippen molar-refractivity contribution in [3.8, 4) is 0 Å². The SMILES string of the molecule is C/C=C(/CF)c1cccc2ccccc12. The molecule has 0 fully saturated rings. The number of hydrogen-bond acceptors (Lipinski definition) is 0. The molecule has 0 aliphatic carbocycles. The van der Waals surface area contributed by atoms with Gasteiger partial charge in [-0.15, -0.1) is 0 Å². The molecule has 2 aromatic carbocycles. The monoisotopic (exact) mass is 200 g/mol. The minimum absolute atomic E-state index is 0.412. The third-order valence-electron chi connectivity index (χ3n) is 2.63. The molecule has 0 saturated heterocycles. The zero-order chi connectivity index (χ0) is 10.7. The van der Waals surface area contributed by atoms with Gasteiger partial charge in [-0.3, -0.25) is 0 Å². The fraction of sp³-hybridized carbons (Fsp3) is 0.143. The van der Waals surface area contributed by atoms with E-state index >= 15 is 0 Å². The molecule has 0 unspecified atom stereocenters. The van der Waals surface area contributed by atoms with Crippen LogP contribution in [0.4, 0.5) is 4.39 Å². The van der Waals surface area contributed by atoms with E-state index in [-0.39, 0.29) is 0 Å². The van der Waals surface area contributed by atoms with Gasteiger partial charge in [-0.25, -0.2) is 4.39 Å². The van der Waals surface area contributed by atoms with Crippen LogP contribution >= 0.6 is 0 Å². The third-order valence-corrected chi connectivity index (χ3v) is 2.63. The summed E-state index contributed by atoms with van der Waals surface area (Å²) in [6.45, 7) is 1.46. The molecule has 0 heterocycles. The predicted octanol–water partition coefficient (Wildman–Crippen LogP) is 4.21. The predicted molar refractivity (Wildman–Crippen MR) is 63.6 cm³/mol. The van der Waals surface area contributed by atoms with Gasteiger partial charge in [0.05, 0.1) is 0 Å². The maximum Gasteiger partial charge on any atom is 0.115 e. The summed E-state index contributed by atoms with van der Waals surface area (Å²) in [5.74, 6) is 0. The van der Waals surface area contributed by atoms with Gasteiger partial charge in [0.2, 0.25) is 0 Å². The summed E-state index contributed by atoms with van der Waals surface area (Å²) in [5.41, 5.74) is 1.75. The highest BCUT2D eigenvalue weighted by molar-refractivity contribution is 5.93. The second kappa shape index (κ2) is 4.26. The summed E-state index contributed by atoms with van der Waals surface area (Å²) in [4.78, 5) is 0. The molecule has 0 atom stereocenters. The Morgan fingerprint density at radius 1 is 1.13 bits per heavy atom. The summed E-state index contributed by atoms with van der Waals surface area (Å²) in [6, 6.07) is 14.0. The van der Waals surface area contributed by atoms with E-state index in [1.165, 1.54) is 0 Å². The zero-order valence-electron chi connectivity index (χ0n) is 8.70. The molecule has 0 aliphatic rings. The molecule has 1 heteroatoms. The fourth-order valence-corrected chi connectivity index (χ4v) is 1.81. The van der Waals surface area contributed by atoms with E-state index in [0.717, 1.165) is 21.9 Å². The summed E-state index contributed by atoms with van der Waals surface area (Å²) in [5, 5.41) is 2.27. The number of rotatable bonds is 2. The van der Waals surface area contributed by atoms with Crippen LogP contribution in [0, 0.1) is 0 Å². The third kappa shape index (κ3) is 1.78. The van der Waals surface area contributed by atoms with Crippen LogP contribution in [-0.4, -0.2) is 6.67 Å². The first-order chi connectivity index (χ1) is 7.36. The Morgan fingerprint density at radius 3 is 2.60 bits per heavy atom. The molecule has 0 saturated carbocycles. The van der Waals surface area contributed by atoms with Gasteiger partial charge in [0.1, 0.15) is 6.67 Å². The largest absolute Gasteiger partial charge is 0.246 e. The summed E-state index contributed by atoms with van der Waals surface area (Å²) >= 11 is 0. The van der Waals surface area contributed by atoms with Crippen molar-refractivity contribution in [1.29, 1.82) is 0 Å². The lowest BCUT2D eigenvalue weighted by molar-refractivity contribution is 0.571. The molecule has 0 aliphatic heterocycles. The Morgan fingerprint density at radius 2 is 1.87 bits per heavy atom. The van der Waals surface area contributed by atoms with Crippen LogP contribution in [0.2, 0.25) is 0 Å². The molecule has 2 rings (SSSR count). The second-order valence-corrected chi connectivity index (χ2v) is 3.47. The fourth-order valence-electron chi connectivity index (χ4n) is 1.81. The zero-order valence-corrected chi connectivity index (χ0v) is 8.70. The molecule has 0 radical (unpaired) electrons. The molecule has 0 nitrogen and oxygen atoms in total. The maximum atomic E-state index is 12.8. The van der Waals surface area contributed by atoms with E-state index in [9.17, 15) is 4.39 Å². The van der Waals surface area contributed by atoms with Gasteiger partial charge >= 0.3 is 0 Å². The van der Waals surface area contributed by atoms with Crippen LogP contribution < -0.4 is 0 Å². The molecule has 15 heavy (non-hydrogen) atoms. The van der Waals surface area contributed by atoms with Crippen LogP contribution in [0.15, 0.2) is 48.5 Å². The number of fused-ring (bicyclic) bond motifs is 1. The van der Waals surface area contributed by atoms with E-state index in [1.54, 1.807) is 0 Å².